The minimum absolute atomic E-state index is 0.471. The Kier molecular flexibility index (Phi) is 4.01. The first kappa shape index (κ1) is 13.2. The van der Waals surface area contributed by atoms with Crippen molar-refractivity contribution >= 4 is 22.3 Å². The third kappa shape index (κ3) is 3.01. The molecule has 0 unspecified atom stereocenters. The van der Waals surface area contributed by atoms with E-state index >= 15 is 0 Å². The van der Waals surface area contributed by atoms with Crippen LogP contribution in [0, 0.1) is 0 Å². The van der Waals surface area contributed by atoms with Crippen molar-refractivity contribution in [2.24, 2.45) is 4.99 Å². The van der Waals surface area contributed by atoms with E-state index in [1.807, 2.05) is 22.2 Å². The summed E-state index contributed by atoms with van der Waals surface area (Å²) in [6.45, 7) is 3.55. The minimum atomic E-state index is 0.471. The van der Waals surface area contributed by atoms with E-state index in [0.29, 0.717) is 12.6 Å². The van der Waals surface area contributed by atoms with E-state index in [4.69, 9.17) is 0 Å². The van der Waals surface area contributed by atoms with E-state index in [1.54, 1.807) is 11.3 Å². The average molecular weight is 289 g/mol. The highest BCUT2D eigenvalue weighted by atomic mass is 32.1. The molecule has 0 atom stereocenters. The van der Waals surface area contributed by atoms with Crippen LogP contribution in [0.5, 0.6) is 0 Å². The molecule has 1 aliphatic rings. The number of hydrogen-bond acceptors (Lipinski definition) is 3. The molecule has 0 fully saturated rings. The molecule has 3 rings (SSSR count). The highest BCUT2D eigenvalue weighted by Gasteiger charge is 2.11. The van der Waals surface area contributed by atoms with Crippen LogP contribution < -0.4 is 10.6 Å². The predicted octanol–water partition coefficient (Wildman–Crippen LogP) is 2.17. The van der Waals surface area contributed by atoms with Crippen LogP contribution in [0.3, 0.4) is 0 Å². The zero-order valence-corrected chi connectivity index (χ0v) is 12.4. The van der Waals surface area contributed by atoms with Gasteiger partial charge in [0.25, 0.3) is 0 Å². The van der Waals surface area contributed by atoms with Crippen molar-refractivity contribution < 1.29 is 0 Å². The van der Waals surface area contributed by atoms with Gasteiger partial charge in [0.15, 0.2) is 10.9 Å². The van der Waals surface area contributed by atoms with Crippen molar-refractivity contribution in [2.45, 2.75) is 32.4 Å². The van der Waals surface area contributed by atoms with Crippen LogP contribution in [0.1, 0.15) is 25.5 Å². The zero-order valence-electron chi connectivity index (χ0n) is 11.5. The number of nitrogens with one attached hydrogen (secondary N) is 2. The van der Waals surface area contributed by atoms with Crippen molar-refractivity contribution in [3.63, 3.8) is 0 Å². The Morgan fingerprint density at radius 2 is 2.35 bits per heavy atom. The van der Waals surface area contributed by atoms with Gasteiger partial charge in [0.05, 0.1) is 12.2 Å². The molecular weight excluding hydrogens is 270 g/mol. The number of fused-ring (bicyclic) bond motifs is 1. The Balaban J connectivity index is 1.64. The normalized spacial score (nSPS) is 16.1. The van der Waals surface area contributed by atoms with E-state index in [2.05, 4.69) is 39.7 Å². The number of imidazole rings is 1. The Morgan fingerprint density at radius 1 is 1.50 bits per heavy atom. The summed E-state index contributed by atoms with van der Waals surface area (Å²) in [7, 11) is 0. The number of rotatable bonds is 4. The molecule has 20 heavy (non-hydrogen) atoms. The van der Waals surface area contributed by atoms with Gasteiger partial charge >= 0.3 is 0 Å². The van der Waals surface area contributed by atoms with Gasteiger partial charge in [-0.3, -0.25) is 4.40 Å². The van der Waals surface area contributed by atoms with Crippen LogP contribution in [0.2, 0.25) is 0 Å². The van der Waals surface area contributed by atoms with E-state index in [0.717, 1.165) is 36.0 Å². The molecule has 5 nitrogen and oxygen atoms in total. The lowest BCUT2D eigenvalue weighted by atomic mass is 10.2. The molecule has 0 radical (unpaired) electrons. The molecule has 0 amide bonds. The third-order valence-electron chi connectivity index (χ3n) is 3.24. The van der Waals surface area contributed by atoms with Crippen molar-refractivity contribution in [3.8, 4) is 0 Å². The standard InChI is InChI=1S/C14H19N5S/c1-2-15-13(17-11-5-3-4-6-11)16-9-12-10-19-7-8-20-14(19)18-12/h3-4,7-8,10-11H,2,5-6,9H2,1H3,(H2,15,16,17). The van der Waals surface area contributed by atoms with Gasteiger partial charge in [-0.1, -0.05) is 12.2 Å². The van der Waals surface area contributed by atoms with Gasteiger partial charge in [-0.2, -0.15) is 0 Å². The van der Waals surface area contributed by atoms with Gasteiger partial charge in [-0.25, -0.2) is 9.98 Å². The van der Waals surface area contributed by atoms with Crippen molar-refractivity contribution in [1.82, 2.24) is 20.0 Å². The first-order valence-electron chi connectivity index (χ1n) is 6.96. The fourth-order valence-corrected chi connectivity index (χ4v) is 2.98. The summed E-state index contributed by atoms with van der Waals surface area (Å²) >= 11 is 1.64. The molecular formula is C14H19N5S. The van der Waals surface area contributed by atoms with Gasteiger partial charge in [-0.15, -0.1) is 11.3 Å². The second kappa shape index (κ2) is 6.09. The van der Waals surface area contributed by atoms with Crippen molar-refractivity contribution in [1.29, 1.82) is 0 Å². The van der Waals surface area contributed by atoms with Crippen molar-refractivity contribution in [3.05, 3.63) is 35.6 Å². The molecule has 2 aromatic rings. The topological polar surface area (TPSA) is 53.7 Å². The molecule has 2 heterocycles. The minimum Gasteiger partial charge on any atom is -0.357 e. The van der Waals surface area contributed by atoms with Gasteiger partial charge in [0, 0.05) is 30.4 Å². The molecule has 2 N–H and O–H groups in total. The van der Waals surface area contributed by atoms with Crippen LogP contribution in [0.4, 0.5) is 0 Å². The van der Waals surface area contributed by atoms with Crippen molar-refractivity contribution in [2.75, 3.05) is 6.54 Å². The molecule has 0 saturated carbocycles. The molecule has 2 aromatic heterocycles. The van der Waals surface area contributed by atoms with E-state index in [9.17, 15) is 0 Å². The number of guanidine groups is 1. The first-order valence-corrected chi connectivity index (χ1v) is 7.84. The quantitative estimate of drug-likeness (QED) is 0.515. The summed E-state index contributed by atoms with van der Waals surface area (Å²) in [4.78, 5) is 10.2. The fraction of sp³-hybridized carbons (Fsp3) is 0.429. The number of nitrogens with zero attached hydrogens (tertiary/aromatic N) is 3. The monoisotopic (exact) mass is 289 g/mol. The summed E-state index contributed by atoms with van der Waals surface area (Å²) in [5, 5.41) is 8.78. The molecule has 106 valence electrons. The summed E-state index contributed by atoms with van der Waals surface area (Å²) in [5.41, 5.74) is 0.999. The lowest BCUT2D eigenvalue weighted by molar-refractivity contribution is 0.633. The van der Waals surface area contributed by atoms with E-state index in [-0.39, 0.29) is 0 Å². The molecule has 0 aromatic carbocycles. The predicted molar refractivity (Wildman–Crippen MR) is 83.2 cm³/mol. The first-order chi connectivity index (χ1) is 9.85. The highest BCUT2D eigenvalue weighted by molar-refractivity contribution is 7.15. The molecule has 0 aliphatic heterocycles. The molecule has 1 aliphatic carbocycles. The Bertz CT molecular complexity index is 588. The van der Waals surface area contributed by atoms with Crippen LogP contribution in [-0.4, -0.2) is 27.9 Å². The molecule has 0 bridgehead atoms. The Morgan fingerprint density at radius 3 is 3.10 bits per heavy atom. The van der Waals surface area contributed by atoms with Crippen LogP contribution in [-0.2, 0) is 6.54 Å². The van der Waals surface area contributed by atoms with Gasteiger partial charge in [-0.05, 0) is 19.8 Å². The number of aromatic nitrogens is 2. The maximum absolute atomic E-state index is 4.62. The van der Waals surface area contributed by atoms with Gasteiger partial charge < -0.3 is 10.6 Å². The molecule has 6 heteroatoms. The maximum Gasteiger partial charge on any atom is 0.193 e. The Hall–Kier alpha value is -1.82. The van der Waals surface area contributed by atoms with E-state index in [1.165, 1.54) is 0 Å². The fourth-order valence-electron chi connectivity index (χ4n) is 2.26. The van der Waals surface area contributed by atoms with Gasteiger partial charge in [0.2, 0.25) is 0 Å². The summed E-state index contributed by atoms with van der Waals surface area (Å²) < 4.78 is 2.04. The number of aliphatic imine (C=N–C) groups is 1. The van der Waals surface area contributed by atoms with Crippen LogP contribution >= 0.6 is 11.3 Å². The lowest BCUT2D eigenvalue weighted by Crippen LogP contribution is -2.42. The van der Waals surface area contributed by atoms with Crippen LogP contribution in [0.25, 0.3) is 4.96 Å². The second-order valence-corrected chi connectivity index (χ2v) is 5.68. The lowest BCUT2D eigenvalue weighted by Gasteiger charge is -2.16. The number of thiazole rings is 1. The van der Waals surface area contributed by atoms with Gasteiger partial charge in [0.1, 0.15) is 0 Å². The zero-order chi connectivity index (χ0) is 13.8. The third-order valence-corrected chi connectivity index (χ3v) is 4.01. The van der Waals surface area contributed by atoms with Crippen LogP contribution in [0.15, 0.2) is 34.9 Å². The summed E-state index contributed by atoms with van der Waals surface area (Å²) in [6, 6.07) is 0.471. The SMILES string of the molecule is CCNC(=NCc1cn2ccsc2n1)NC1CC=CC1. The second-order valence-electron chi connectivity index (χ2n) is 4.80. The Labute approximate surface area is 122 Å². The van der Waals surface area contributed by atoms with E-state index < -0.39 is 0 Å². The summed E-state index contributed by atoms with van der Waals surface area (Å²) in [5.74, 6) is 0.873. The molecule has 0 saturated heterocycles. The summed E-state index contributed by atoms with van der Waals surface area (Å²) in [6.07, 6.45) is 10.6. The number of hydrogen-bond donors (Lipinski definition) is 2. The largest absolute Gasteiger partial charge is 0.357 e. The average Bonchev–Trinajstić information content (AvgIpc) is 3.12. The highest BCUT2D eigenvalue weighted by Crippen LogP contribution is 2.12. The molecule has 0 spiro atoms. The smallest absolute Gasteiger partial charge is 0.193 e. The maximum atomic E-state index is 4.62.